The van der Waals surface area contributed by atoms with E-state index in [0.29, 0.717) is 197 Å². The number of imidazole rings is 1. The summed E-state index contributed by atoms with van der Waals surface area (Å²) in [4.78, 5) is 113. The van der Waals surface area contributed by atoms with E-state index in [9.17, 15) is 43.8 Å². The smallest absolute Gasteiger partial charge is 0.418 e. The van der Waals surface area contributed by atoms with E-state index >= 15 is 13.2 Å². The molecule has 3 saturated heterocycles. The number of fused-ring (bicyclic) bond motifs is 6. The number of ketones is 3. The number of carbonyl (C=O) groups excluding carboxylic acids is 6. The van der Waals surface area contributed by atoms with Crippen LogP contribution < -0.4 is 10.6 Å². The van der Waals surface area contributed by atoms with Crippen LogP contribution in [0.2, 0.25) is 0 Å². The first-order chi connectivity index (χ1) is 68.9. The van der Waals surface area contributed by atoms with Crippen LogP contribution >= 0.6 is 0 Å². The highest BCUT2D eigenvalue weighted by Crippen LogP contribution is 2.44. The van der Waals surface area contributed by atoms with Gasteiger partial charge in [-0.25, -0.2) is 14.3 Å². The summed E-state index contributed by atoms with van der Waals surface area (Å²) < 4.78 is 132. The van der Waals surface area contributed by atoms with Gasteiger partial charge in [-0.1, -0.05) is 94.0 Å². The number of esters is 1. The van der Waals surface area contributed by atoms with Crippen molar-refractivity contribution in [3.63, 3.8) is 0 Å². The van der Waals surface area contributed by atoms with E-state index in [1.165, 1.54) is 33.3 Å². The van der Waals surface area contributed by atoms with E-state index in [-0.39, 0.29) is 130 Å². The summed E-state index contributed by atoms with van der Waals surface area (Å²) >= 11 is 0. The average Bonchev–Trinajstić information content (AvgIpc) is 1.58. The van der Waals surface area contributed by atoms with Crippen LogP contribution in [0.15, 0.2) is 142 Å². The number of rotatable bonds is 42. The monoisotopic (exact) mass is 2000 g/mol. The largest absolute Gasteiger partial charge is 0.469 e. The number of cyclic esters (lactones) is 1. The molecule has 0 spiro atoms. The molecule has 2 amide bonds. The number of nitrogens with zero attached hydrogens (tertiary/aromatic N) is 10. The quantitative estimate of drug-likeness (QED) is 0.0155. The van der Waals surface area contributed by atoms with Gasteiger partial charge < -0.3 is 90.9 Å². The lowest BCUT2D eigenvalue weighted by Crippen LogP contribution is -2.60. The molecule has 5 aromatic heterocycles. The number of Topliss-reactive ketones (excluding diaryl/α,β-unsaturated/α-hetero) is 3. The second kappa shape index (κ2) is 55.6. The number of pyridine rings is 2. The fourth-order valence-corrected chi connectivity index (χ4v) is 19.6. The van der Waals surface area contributed by atoms with Crippen LogP contribution in [0.1, 0.15) is 173 Å². The third-order valence-corrected chi connectivity index (χ3v) is 28.0. The number of aliphatic hydroxyl groups excluding tert-OH is 1. The van der Waals surface area contributed by atoms with Gasteiger partial charge >= 0.3 is 17.8 Å². The van der Waals surface area contributed by atoms with Crippen molar-refractivity contribution in [3.8, 4) is 16.8 Å². The minimum Gasteiger partial charge on any atom is -0.469 e. The zero-order chi connectivity index (χ0) is 102. The Labute approximate surface area is 835 Å². The molecule has 2 bridgehead atoms. The molecular formula is C107H147F3N10O23. The first-order valence-corrected chi connectivity index (χ1v) is 50.7. The number of allylic oxidation sites excluding steroid dienone is 7. The number of anilines is 1. The van der Waals surface area contributed by atoms with Gasteiger partial charge in [-0.2, -0.15) is 13.2 Å². The second-order valence-electron chi connectivity index (χ2n) is 38.5. The summed E-state index contributed by atoms with van der Waals surface area (Å²) in [5.41, 5.74) is 4.77. The normalized spacial score (nSPS) is 25.7. The fraction of sp³-hybridized carbons (Fsp3) is 0.617. The molecule has 1 saturated carbocycles. The SMILES string of the molecule is CO[C@@H]1C[C@H](C[C@@H](C)[C@@H]2CC(=O)[C@H](C)/C=C(\C)[C@@H](O)[C@@H](OC)C(=O)[C@H](C)C[C@H](C)/C=C/C=C/C=C(\C)[C@@H](c3ccco3)C[C@@H]3CC[C@@H](C)[C@@](O)(O3)C(=O)C(=O)N3CCCC[C@H]3C(=O)O2)CC[C@H]1OCCCCc1cn(CCOCCOCCOCCOCCOCCOCCOCCOCCC(=O)N2CCN(c3ccc(-n4c(=O)n(C)c5cnc6ccc(-c7ccc(C)nc7)cc6c54)cc3C(F)(F)F)CC2)nn1. The number of piperazine rings is 1. The molecular weight excluding hydrogens is 1850 g/mol. The Balaban J connectivity index is 0.477. The molecule has 2 aromatic carbocycles. The summed E-state index contributed by atoms with van der Waals surface area (Å²) in [6.07, 6.45) is 16.7. The Kier molecular flexibility index (Phi) is 43.5. The molecule has 5 aliphatic rings. The number of unbranched alkanes of at least 4 members (excludes halogenated alkanes) is 1. The number of benzene rings is 2. The number of aromatic nitrogens is 7. The lowest BCUT2D eigenvalue weighted by atomic mass is 9.78. The van der Waals surface area contributed by atoms with Gasteiger partial charge in [0.25, 0.3) is 11.7 Å². The molecule has 36 heteroatoms. The first kappa shape index (κ1) is 112. The van der Waals surface area contributed by atoms with E-state index in [1.54, 1.807) is 80.2 Å². The minimum atomic E-state index is -4.75. The predicted octanol–water partition coefficient (Wildman–Crippen LogP) is 13.6. The van der Waals surface area contributed by atoms with Crippen LogP contribution in [0.5, 0.6) is 0 Å². The van der Waals surface area contributed by atoms with Gasteiger partial charge in [0.2, 0.25) is 11.7 Å². The molecule has 1 aliphatic carbocycles. The molecule has 4 fully saturated rings. The van der Waals surface area contributed by atoms with Crippen LogP contribution in [-0.2, 0) is 117 Å². The van der Waals surface area contributed by atoms with Gasteiger partial charge in [0.05, 0.1) is 183 Å². The predicted molar refractivity (Wildman–Crippen MR) is 529 cm³/mol. The third-order valence-electron chi connectivity index (χ3n) is 28.0. The second-order valence-corrected chi connectivity index (χ2v) is 38.5. The van der Waals surface area contributed by atoms with Crippen molar-refractivity contribution in [1.29, 1.82) is 0 Å². The first-order valence-electron chi connectivity index (χ1n) is 50.7. The van der Waals surface area contributed by atoms with Gasteiger partial charge in [-0.05, 0) is 188 Å². The highest BCUT2D eigenvalue weighted by Gasteiger charge is 2.54. The summed E-state index contributed by atoms with van der Waals surface area (Å²) in [7, 11) is 4.63. The van der Waals surface area contributed by atoms with Crippen molar-refractivity contribution in [2.45, 2.75) is 225 Å². The lowest BCUT2D eigenvalue weighted by Gasteiger charge is -2.42. The maximum Gasteiger partial charge on any atom is 0.418 e. The van der Waals surface area contributed by atoms with Crippen LogP contribution in [0.3, 0.4) is 0 Å². The summed E-state index contributed by atoms with van der Waals surface area (Å²) in [6.45, 7) is 22.4. The van der Waals surface area contributed by atoms with Crippen molar-refractivity contribution < 1.29 is 118 Å². The molecule has 143 heavy (non-hydrogen) atoms. The number of furan rings is 1. The number of carbonyl (C=O) groups is 6. The average molecular weight is 2000 g/mol. The van der Waals surface area contributed by atoms with Gasteiger partial charge in [0, 0.05) is 125 Å². The molecule has 2 N–H and O–H groups in total. The van der Waals surface area contributed by atoms with Crippen molar-refractivity contribution in [2.75, 3.05) is 164 Å². The number of amides is 2. The van der Waals surface area contributed by atoms with Gasteiger partial charge in [0.15, 0.2) is 5.78 Å². The summed E-state index contributed by atoms with van der Waals surface area (Å²) in [5, 5.41) is 33.3. The molecule has 0 radical (unpaired) electrons. The summed E-state index contributed by atoms with van der Waals surface area (Å²) in [6, 6.07) is 15.9. The number of methoxy groups -OCH3 is 2. The van der Waals surface area contributed by atoms with Gasteiger partial charge in [0.1, 0.15) is 35.9 Å². The Hall–Kier alpha value is -9.90. The number of aryl methyl sites for hydroxylation is 3. The molecule has 15 atom stereocenters. The topological polar surface area (TPSA) is 369 Å². The van der Waals surface area contributed by atoms with Crippen molar-refractivity contribution >= 4 is 62.8 Å². The molecule has 784 valence electrons. The number of piperidine rings is 1. The zero-order valence-corrected chi connectivity index (χ0v) is 84.8. The van der Waals surface area contributed by atoms with E-state index in [4.69, 9.17) is 66.0 Å². The van der Waals surface area contributed by atoms with Crippen molar-refractivity contribution in [1.82, 2.24) is 43.9 Å². The molecule has 12 rings (SSSR count). The van der Waals surface area contributed by atoms with Crippen molar-refractivity contribution in [3.05, 3.63) is 166 Å². The number of halogens is 3. The molecule has 7 aromatic rings. The number of hydrogen-bond acceptors (Lipinski definition) is 28. The van der Waals surface area contributed by atoms with Crippen LogP contribution in [0.25, 0.3) is 38.8 Å². The van der Waals surface area contributed by atoms with Crippen molar-refractivity contribution in [2.24, 2.45) is 42.6 Å². The van der Waals surface area contributed by atoms with E-state index in [0.717, 1.165) is 59.8 Å². The zero-order valence-electron chi connectivity index (χ0n) is 84.8. The van der Waals surface area contributed by atoms with E-state index in [2.05, 4.69) is 20.3 Å². The Morgan fingerprint density at radius 1 is 0.678 bits per heavy atom. The van der Waals surface area contributed by atoms with Crippen LogP contribution in [0, 0.1) is 42.4 Å². The van der Waals surface area contributed by atoms with Crippen LogP contribution in [-0.4, -0.2) is 297 Å². The molecule has 9 heterocycles. The van der Waals surface area contributed by atoms with Gasteiger partial charge in [-0.15, -0.1) is 5.10 Å². The van der Waals surface area contributed by atoms with E-state index in [1.807, 2.05) is 108 Å². The number of alkyl halides is 3. The fourth-order valence-electron chi connectivity index (χ4n) is 19.6. The molecule has 33 nitrogen and oxygen atoms in total. The number of hydrogen-bond donors (Lipinski definition) is 2. The highest BCUT2D eigenvalue weighted by atomic mass is 19.4. The highest BCUT2D eigenvalue weighted by molar-refractivity contribution is 6.39. The number of aliphatic hydroxyl groups is 2. The maximum atomic E-state index is 15.0. The Morgan fingerprint density at radius 3 is 2.01 bits per heavy atom. The molecule has 0 unspecified atom stereocenters. The standard InChI is InChI=1S/C107H147F3N10O23/c1-71-20-13-12-14-21-72(2)85(93-24-19-43-140-93)66-84-31-25-77(7)106(129,143-84)102(125)103(126)119-36-17-15-23-90(119)104(127)142-95(67-92(121)73(3)61-76(6)100(124)101(131-11)99(123)75(5)60-71)74(4)62-79-27-34-94(96(63-79)130-10)141-42-18-16-22-82-70-118(114-113-82)41-45-133-47-49-135-51-53-137-55-57-139-59-58-138-56-54-136-52-50-134-48-46-132-44-35-97(122)117-39-37-116(38-40-117)89-33-30-83(65-87(89)107(108,109)110)120-98-86-64-80(81-28-26-78(8)111-68-81)29-32-88(86)112-69-91(98)115(9)105(120)128/h12-14,19-21,24,26,28-30,32-33,43,61,64-65,68-71,73-75,77,79,84-85,90,94-96,100-101,124,129H,15-18,22-23,25,27,31,34-42,44-60,62-63,66-67H2,1-11H3/b14-12+,20-13+,72-21+,76-61+/t71-,73-,74-,75-,77-,79+,84+,85+,90+,94-,95+,96-,100-,101+,106-/m1/s1. The van der Waals surface area contributed by atoms with E-state index < -0.39 is 89.1 Å². The van der Waals surface area contributed by atoms with Gasteiger partial charge in [-0.3, -0.25) is 43.1 Å². The minimum absolute atomic E-state index is 0.0208. The Bertz CT molecular complexity index is 5420. The van der Waals surface area contributed by atoms with Crippen LogP contribution in [0.4, 0.5) is 18.9 Å². The third kappa shape index (κ3) is 31.6. The molecule has 4 aliphatic heterocycles. The lowest BCUT2D eigenvalue weighted by molar-refractivity contribution is -0.264. The Morgan fingerprint density at radius 2 is 1.36 bits per heavy atom. The number of ether oxygens (including phenoxy) is 13. The maximum absolute atomic E-state index is 15.0. The summed E-state index contributed by atoms with van der Waals surface area (Å²) in [5.74, 6) is -8.13.